The van der Waals surface area contributed by atoms with E-state index in [-0.39, 0.29) is 12.1 Å². The van der Waals surface area contributed by atoms with Gasteiger partial charge in [0.05, 0.1) is 0 Å². The van der Waals surface area contributed by atoms with E-state index >= 15 is 0 Å². The number of ether oxygens (including phenoxy) is 1. The molecule has 1 saturated carbocycles. The van der Waals surface area contributed by atoms with Crippen LogP contribution in [0.2, 0.25) is 0 Å². The Hall–Kier alpha value is -1.03. The monoisotopic (exact) mass is 282 g/mol. The largest absolute Gasteiger partial charge is 0.444 e. The smallest absolute Gasteiger partial charge is 0.407 e. The highest BCUT2D eigenvalue weighted by atomic mass is 16.6. The van der Waals surface area contributed by atoms with Crippen molar-refractivity contribution in [3.8, 4) is 0 Å². The van der Waals surface area contributed by atoms with Crippen molar-refractivity contribution in [3.63, 3.8) is 0 Å². The van der Waals surface area contributed by atoms with Gasteiger partial charge in [-0.25, -0.2) is 4.79 Å². The minimum absolute atomic E-state index is 0.215. The first-order chi connectivity index (χ1) is 9.30. The van der Waals surface area contributed by atoms with E-state index in [4.69, 9.17) is 4.74 Å². The Morgan fingerprint density at radius 3 is 2.65 bits per heavy atom. The summed E-state index contributed by atoms with van der Waals surface area (Å²) in [5.41, 5.74) is -0.436. The van der Waals surface area contributed by atoms with E-state index in [9.17, 15) is 4.79 Å². The number of carbonyl (C=O) groups excluding carboxylic acids is 1. The molecule has 3 atom stereocenters. The van der Waals surface area contributed by atoms with Gasteiger partial charge in [-0.1, -0.05) is 6.08 Å². The second kappa shape index (κ2) is 7.67. The standard InChI is InChI=1S/C16H30N2O2/c1-6-8-12(2)17-13-9-7-10-14(11-13)18-15(19)20-16(3,4)5/h6,12-14,17H,1,7-11H2,2-5H3,(H,18,19). The van der Waals surface area contributed by atoms with Crippen LogP contribution in [0.5, 0.6) is 0 Å². The van der Waals surface area contributed by atoms with Crippen molar-refractivity contribution >= 4 is 6.09 Å². The van der Waals surface area contributed by atoms with Crippen LogP contribution in [0.4, 0.5) is 4.79 Å². The van der Waals surface area contributed by atoms with Gasteiger partial charge >= 0.3 is 6.09 Å². The third-order valence-corrected chi connectivity index (χ3v) is 3.44. The van der Waals surface area contributed by atoms with Gasteiger partial charge in [0.15, 0.2) is 0 Å². The summed E-state index contributed by atoms with van der Waals surface area (Å²) < 4.78 is 5.31. The Morgan fingerprint density at radius 1 is 1.40 bits per heavy atom. The molecule has 0 saturated heterocycles. The molecule has 0 radical (unpaired) electrons. The van der Waals surface area contributed by atoms with Crippen LogP contribution in [0, 0.1) is 0 Å². The topological polar surface area (TPSA) is 50.4 Å². The first-order valence-electron chi connectivity index (χ1n) is 7.66. The third kappa shape index (κ3) is 6.94. The van der Waals surface area contributed by atoms with Gasteiger partial charge in [0, 0.05) is 18.1 Å². The molecule has 1 aliphatic carbocycles. The number of nitrogens with one attached hydrogen (secondary N) is 2. The maximum absolute atomic E-state index is 11.8. The summed E-state index contributed by atoms with van der Waals surface area (Å²) in [7, 11) is 0. The summed E-state index contributed by atoms with van der Waals surface area (Å²) in [5, 5.41) is 6.60. The Morgan fingerprint density at radius 2 is 2.05 bits per heavy atom. The van der Waals surface area contributed by atoms with Crippen LogP contribution >= 0.6 is 0 Å². The molecular formula is C16H30N2O2. The summed E-state index contributed by atoms with van der Waals surface area (Å²) in [6.07, 6.45) is 6.93. The fourth-order valence-electron chi connectivity index (χ4n) is 2.67. The van der Waals surface area contributed by atoms with E-state index in [1.165, 1.54) is 6.42 Å². The number of hydrogen-bond donors (Lipinski definition) is 2. The molecule has 0 bridgehead atoms. The molecular weight excluding hydrogens is 252 g/mol. The Kier molecular flexibility index (Phi) is 6.53. The molecule has 20 heavy (non-hydrogen) atoms. The maximum Gasteiger partial charge on any atom is 0.407 e. The van der Waals surface area contributed by atoms with E-state index in [1.54, 1.807) is 0 Å². The van der Waals surface area contributed by atoms with Gasteiger partial charge in [0.2, 0.25) is 0 Å². The molecule has 4 nitrogen and oxygen atoms in total. The van der Waals surface area contributed by atoms with Crippen molar-refractivity contribution in [1.82, 2.24) is 10.6 Å². The molecule has 3 unspecified atom stereocenters. The quantitative estimate of drug-likeness (QED) is 0.760. The summed E-state index contributed by atoms with van der Waals surface area (Å²) in [6, 6.07) is 1.13. The number of hydrogen-bond acceptors (Lipinski definition) is 3. The lowest BCUT2D eigenvalue weighted by Crippen LogP contribution is -2.47. The number of amides is 1. The molecule has 4 heteroatoms. The second-order valence-corrected chi connectivity index (χ2v) is 6.80. The van der Waals surface area contributed by atoms with Crippen LogP contribution < -0.4 is 10.6 Å². The molecule has 0 aliphatic heterocycles. The van der Waals surface area contributed by atoms with Crippen LogP contribution in [-0.4, -0.2) is 29.8 Å². The van der Waals surface area contributed by atoms with Crippen LogP contribution in [-0.2, 0) is 4.74 Å². The minimum atomic E-state index is -0.436. The molecule has 116 valence electrons. The molecule has 0 heterocycles. The Labute approximate surface area is 123 Å². The van der Waals surface area contributed by atoms with E-state index < -0.39 is 5.60 Å². The average molecular weight is 282 g/mol. The molecule has 1 amide bonds. The SMILES string of the molecule is C=CCC(C)NC1CCCC(NC(=O)OC(C)(C)C)C1. The highest BCUT2D eigenvalue weighted by Crippen LogP contribution is 2.20. The molecule has 0 aromatic carbocycles. The van der Waals surface area contributed by atoms with E-state index in [1.807, 2.05) is 26.8 Å². The molecule has 0 aromatic rings. The zero-order valence-corrected chi connectivity index (χ0v) is 13.4. The summed E-state index contributed by atoms with van der Waals surface area (Å²) in [5.74, 6) is 0. The van der Waals surface area contributed by atoms with E-state index in [0.29, 0.717) is 12.1 Å². The van der Waals surface area contributed by atoms with Gasteiger partial charge in [-0.2, -0.15) is 0 Å². The summed E-state index contributed by atoms with van der Waals surface area (Å²) in [4.78, 5) is 11.8. The minimum Gasteiger partial charge on any atom is -0.444 e. The van der Waals surface area contributed by atoms with Gasteiger partial charge in [-0.3, -0.25) is 0 Å². The molecule has 0 aromatic heterocycles. The molecule has 0 spiro atoms. The molecule has 1 aliphatic rings. The van der Waals surface area contributed by atoms with Crippen LogP contribution in [0.15, 0.2) is 12.7 Å². The van der Waals surface area contributed by atoms with Crippen molar-refractivity contribution in [3.05, 3.63) is 12.7 Å². The normalized spacial score (nSPS) is 24.8. The van der Waals surface area contributed by atoms with Gasteiger partial charge in [-0.15, -0.1) is 6.58 Å². The maximum atomic E-state index is 11.8. The summed E-state index contributed by atoms with van der Waals surface area (Å²) >= 11 is 0. The van der Waals surface area contributed by atoms with Gasteiger partial charge in [-0.05, 0) is 59.8 Å². The highest BCUT2D eigenvalue weighted by Gasteiger charge is 2.25. The Balaban J connectivity index is 2.37. The predicted octanol–water partition coefficient (Wildman–Crippen LogP) is 3.38. The number of rotatable bonds is 5. The number of carbonyl (C=O) groups is 1. The van der Waals surface area contributed by atoms with Gasteiger partial charge in [0.1, 0.15) is 5.60 Å². The molecule has 2 N–H and O–H groups in total. The lowest BCUT2D eigenvalue weighted by Gasteiger charge is -2.32. The lowest BCUT2D eigenvalue weighted by atomic mass is 9.90. The first-order valence-corrected chi connectivity index (χ1v) is 7.66. The highest BCUT2D eigenvalue weighted by molar-refractivity contribution is 5.68. The Bertz CT molecular complexity index is 323. The van der Waals surface area contributed by atoms with Crippen molar-refractivity contribution in [2.24, 2.45) is 0 Å². The van der Waals surface area contributed by atoms with E-state index in [0.717, 1.165) is 25.7 Å². The number of alkyl carbamates (subject to hydrolysis) is 1. The van der Waals surface area contributed by atoms with Gasteiger partial charge < -0.3 is 15.4 Å². The molecule has 1 fully saturated rings. The first kappa shape index (κ1) is 17.0. The van der Waals surface area contributed by atoms with Crippen molar-refractivity contribution in [2.75, 3.05) is 0 Å². The average Bonchev–Trinajstić information content (AvgIpc) is 2.26. The fourth-order valence-corrected chi connectivity index (χ4v) is 2.67. The van der Waals surface area contributed by atoms with E-state index in [2.05, 4.69) is 24.1 Å². The fraction of sp³-hybridized carbons (Fsp3) is 0.812. The van der Waals surface area contributed by atoms with Crippen LogP contribution in [0.25, 0.3) is 0 Å². The van der Waals surface area contributed by atoms with Crippen molar-refractivity contribution in [1.29, 1.82) is 0 Å². The lowest BCUT2D eigenvalue weighted by molar-refractivity contribution is 0.0488. The second-order valence-electron chi connectivity index (χ2n) is 6.80. The third-order valence-electron chi connectivity index (χ3n) is 3.44. The zero-order valence-electron chi connectivity index (χ0n) is 13.4. The predicted molar refractivity (Wildman–Crippen MR) is 82.8 cm³/mol. The summed E-state index contributed by atoms with van der Waals surface area (Å²) in [6.45, 7) is 11.6. The van der Waals surface area contributed by atoms with Crippen LogP contribution in [0.3, 0.4) is 0 Å². The van der Waals surface area contributed by atoms with Gasteiger partial charge in [0.25, 0.3) is 0 Å². The van der Waals surface area contributed by atoms with Crippen molar-refractivity contribution in [2.45, 2.75) is 83.5 Å². The molecule has 1 rings (SSSR count). The zero-order chi connectivity index (χ0) is 15.2. The van der Waals surface area contributed by atoms with Crippen LogP contribution in [0.1, 0.15) is 59.8 Å². The van der Waals surface area contributed by atoms with Crippen molar-refractivity contribution < 1.29 is 9.53 Å².